The molecule has 2 aromatic heterocycles. The van der Waals surface area contributed by atoms with Gasteiger partial charge in [0.1, 0.15) is 12.0 Å². The number of benzene rings is 3. The Hall–Kier alpha value is -3.09. The number of nitrogens with zero attached hydrogens (tertiary/aromatic N) is 2. The van der Waals surface area contributed by atoms with Gasteiger partial charge in [-0.2, -0.15) is 0 Å². The zero-order chi connectivity index (χ0) is 21.4. The SMILES string of the molecule is O=C(c1ccccc1)c1[nH]c2ncnc(-c3ccccc3)c2c1-c1cc(Br)cc(Br)c1. The van der Waals surface area contributed by atoms with Gasteiger partial charge in [-0.15, -0.1) is 0 Å². The molecule has 0 fully saturated rings. The minimum absolute atomic E-state index is 0.0938. The number of H-pyrrole nitrogens is 1. The largest absolute Gasteiger partial charge is 0.336 e. The second-order valence-corrected chi connectivity index (χ2v) is 8.87. The summed E-state index contributed by atoms with van der Waals surface area (Å²) in [6, 6.07) is 25.1. The maximum absolute atomic E-state index is 13.5. The third kappa shape index (κ3) is 3.73. The molecule has 1 N–H and O–H groups in total. The van der Waals surface area contributed by atoms with E-state index >= 15 is 0 Å². The number of nitrogens with one attached hydrogen (secondary N) is 1. The maximum atomic E-state index is 13.5. The van der Waals surface area contributed by atoms with Gasteiger partial charge in [-0.1, -0.05) is 92.5 Å². The minimum Gasteiger partial charge on any atom is -0.336 e. The van der Waals surface area contributed by atoms with Crippen LogP contribution in [0.4, 0.5) is 0 Å². The van der Waals surface area contributed by atoms with E-state index in [0.717, 1.165) is 36.7 Å². The normalized spacial score (nSPS) is 11.0. The number of rotatable bonds is 4. The Morgan fingerprint density at radius 1 is 0.774 bits per heavy atom. The maximum Gasteiger partial charge on any atom is 0.209 e. The molecule has 0 aliphatic carbocycles. The zero-order valence-corrected chi connectivity index (χ0v) is 19.3. The van der Waals surface area contributed by atoms with Gasteiger partial charge in [-0.25, -0.2) is 9.97 Å². The van der Waals surface area contributed by atoms with E-state index in [1.807, 2.05) is 78.9 Å². The van der Waals surface area contributed by atoms with Gasteiger partial charge in [0.2, 0.25) is 5.78 Å². The highest BCUT2D eigenvalue weighted by Crippen LogP contribution is 2.39. The summed E-state index contributed by atoms with van der Waals surface area (Å²) in [5.74, 6) is -0.0938. The van der Waals surface area contributed by atoms with E-state index in [0.29, 0.717) is 16.9 Å². The lowest BCUT2D eigenvalue weighted by Crippen LogP contribution is -2.03. The lowest BCUT2D eigenvalue weighted by atomic mass is 9.96. The first kappa shape index (κ1) is 19.8. The molecule has 6 heteroatoms. The van der Waals surface area contributed by atoms with Crippen LogP contribution in [0.2, 0.25) is 0 Å². The third-order valence-corrected chi connectivity index (χ3v) is 5.97. The number of ketones is 1. The lowest BCUT2D eigenvalue weighted by molar-refractivity contribution is 0.103. The van der Waals surface area contributed by atoms with Crippen LogP contribution in [0.25, 0.3) is 33.4 Å². The van der Waals surface area contributed by atoms with E-state index in [2.05, 4.69) is 46.8 Å². The molecule has 2 heterocycles. The Bertz CT molecular complexity index is 1390. The predicted molar refractivity (Wildman–Crippen MR) is 130 cm³/mol. The molecule has 0 atom stereocenters. The molecular formula is C25H15Br2N3O. The number of aromatic amines is 1. The molecule has 0 saturated carbocycles. The highest BCUT2D eigenvalue weighted by Gasteiger charge is 2.24. The van der Waals surface area contributed by atoms with Gasteiger partial charge in [0, 0.05) is 25.6 Å². The standard InChI is InChI=1S/C25H15Br2N3O/c26-18-11-17(12-19(27)13-18)20-21-22(15-7-3-1-4-8-15)28-14-29-25(21)30-23(20)24(31)16-9-5-2-6-10-16/h1-14H,(H,28,29,30). The fraction of sp³-hybridized carbons (Fsp3) is 0. The number of carbonyl (C=O) groups is 1. The van der Waals surface area contributed by atoms with Crippen LogP contribution in [0.15, 0.2) is 94.1 Å². The van der Waals surface area contributed by atoms with Crippen LogP contribution in [0, 0.1) is 0 Å². The molecule has 0 saturated heterocycles. The van der Waals surface area contributed by atoms with Crippen molar-refractivity contribution in [1.29, 1.82) is 0 Å². The van der Waals surface area contributed by atoms with Crippen LogP contribution in [-0.4, -0.2) is 20.7 Å². The summed E-state index contributed by atoms with van der Waals surface area (Å²) in [6.45, 7) is 0. The van der Waals surface area contributed by atoms with Gasteiger partial charge in [-0.3, -0.25) is 4.79 Å². The molecule has 5 aromatic rings. The Labute approximate surface area is 195 Å². The van der Waals surface area contributed by atoms with Gasteiger partial charge >= 0.3 is 0 Å². The van der Waals surface area contributed by atoms with E-state index in [9.17, 15) is 4.79 Å². The first-order valence-corrected chi connectivity index (χ1v) is 11.2. The molecule has 0 spiro atoms. The van der Waals surface area contributed by atoms with E-state index in [-0.39, 0.29) is 5.78 Å². The topological polar surface area (TPSA) is 58.6 Å². The number of carbonyl (C=O) groups excluding carboxylic acids is 1. The molecule has 0 amide bonds. The van der Waals surface area contributed by atoms with Crippen molar-refractivity contribution >= 4 is 48.7 Å². The van der Waals surface area contributed by atoms with E-state index in [4.69, 9.17) is 0 Å². The third-order valence-electron chi connectivity index (χ3n) is 5.05. The van der Waals surface area contributed by atoms with E-state index in [1.165, 1.54) is 6.33 Å². The second-order valence-electron chi connectivity index (χ2n) is 7.04. The fourth-order valence-corrected chi connectivity index (χ4v) is 5.02. The monoisotopic (exact) mass is 531 g/mol. The summed E-state index contributed by atoms with van der Waals surface area (Å²) in [7, 11) is 0. The summed E-state index contributed by atoms with van der Waals surface area (Å²) in [5, 5.41) is 0.818. The lowest BCUT2D eigenvalue weighted by Gasteiger charge is -2.09. The minimum atomic E-state index is -0.0938. The average molecular weight is 533 g/mol. The second kappa shape index (κ2) is 8.21. The molecule has 0 bridgehead atoms. The molecule has 0 aliphatic rings. The van der Waals surface area contributed by atoms with Gasteiger partial charge in [0.15, 0.2) is 0 Å². The van der Waals surface area contributed by atoms with Gasteiger partial charge in [0.25, 0.3) is 0 Å². The highest BCUT2D eigenvalue weighted by atomic mass is 79.9. The number of halogens is 2. The summed E-state index contributed by atoms with van der Waals surface area (Å²) < 4.78 is 1.81. The van der Waals surface area contributed by atoms with Crippen LogP contribution in [0.5, 0.6) is 0 Å². The number of hydrogen-bond acceptors (Lipinski definition) is 3. The van der Waals surface area contributed by atoms with Crippen LogP contribution < -0.4 is 0 Å². The predicted octanol–water partition coefficient (Wildman–Crippen LogP) is 7.05. The Kier molecular flexibility index (Phi) is 5.26. The molecule has 0 unspecified atom stereocenters. The van der Waals surface area contributed by atoms with Crippen LogP contribution in [-0.2, 0) is 0 Å². The van der Waals surface area contributed by atoms with Crippen molar-refractivity contribution in [2.24, 2.45) is 0 Å². The van der Waals surface area contributed by atoms with Crippen LogP contribution in [0.1, 0.15) is 16.1 Å². The summed E-state index contributed by atoms with van der Waals surface area (Å²) in [6.07, 6.45) is 1.53. The Morgan fingerprint density at radius 3 is 2.10 bits per heavy atom. The highest BCUT2D eigenvalue weighted by molar-refractivity contribution is 9.11. The number of aromatic nitrogens is 3. The molecular weight excluding hydrogens is 518 g/mol. The quantitative estimate of drug-likeness (QED) is 0.252. The van der Waals surface area contributed by atoms with E-state index in [1.54, 1.807) is 0 Å². The smallest absolute Gasteiger partial charge is 0.209 e. The molecule has 31 heavy (non-hydrogen) atoms. The summed E-state index contributed by atoms with van der Waals surface area (Å²) >= 11 is 7.15. The van der Waals surface area contributed by atoms with Crippen molar-refractivity contribution in [2.45, 2.75) is 0 Å². The Morgan fingerprint density at radius 2 is 1.42 bits per heavy atom. The molecule has 0 radical (unpaired) electrons. The molecule has 3 aromatic carbocycles. The first-order valence-electron chi connectivity index (χ1n) is 9.60. The van der Waals surface area contributed by atoms with Gasteiger partial charge in [-0.05, 0) is 23.8 Å². The Balaban J connectivity index is 1.86. The molecule has 0 aliphatic heterocycles. The van der Waals surface area contributed by atoms with Gasteiger partial charge < -0.3 is 4.98 Å². The van der Waals surface area contributed by atoms with Crippen LogP contribution in [0.3, 0.4) is 0 Å². The van der Waals surface area contributed by atoms with E-state index < -0.39 is 0 Å². The average Bonchev–Trinajstić information content (AvgIpc) is 3.19. The van der Waals surface area contributed by atoms with Crippen molar-refractivity contribution in [3.63, 3.8) is 0 Å². The number of hydrogen-bond donors (Lipinski definition) is 1. The van der Waals surface area contributed by atoms with Crippen molar-refractivity contribution in [3.8, 4) is 22.4 Å². The van der Waals surface area contributed by atoms with Gasteiger partial charge in [0.05, 0.1) is 16.8 Å². The summed E-state index contributed by atoms with van der Waals surface area (Å²) in [4.78, 5) is 25.8. The number of fused-ring (bicyclic) bond motifs is 1. The van der Waals surface area contributed by atoms with Crippen LogP contribution >= 0.6 is 31.9 Å². The fourth-order valence-electron chi connectivity index (χ4n) is 3.73. The zero-order valence-electron chi connectivity index (χ0n) is 16.1. The van der Waals surface area contributed by atoms with Crippen molar-refractivity contribution in [2.75, 3.05) is 0 Å². The molecule has 4 nitrogen and oxygen atoms in total. The molecule has 5 rings (SSSR count). The first-order chi connectivity index (χ1) is 15.1. The van der Waals surface area contributed by atoms with Crippen molar-refractivity contribution in [1.82, 2.24) is 15.0 Å². The summed E-state index contributed by atoms with van der Waals surface area (Å²) in [5.41, 5.74) is 5.13. The van der Waals surface area contributed by atoms with Crippen molar-refractivity contribution < 1.29 is 4.79 Å². The molecule has 150 valence electrons. The van der Waals surface area contributed by atoms with Crippen molar-refractivity contribution in [3.05, 3.63) is 105 Å².